The highest BCUT2D eigenvalue weighted by atomic mass is 32.2. The molecule has 0 aromatic heterocycles. The van der Waals surface area contributed by atoms with Crippen molar-refractivity contribution in [2.24, 2.45) is 0 Å². The van der Waals surface area contributed by atoms with Crippen LogP contribution in [0.15, 0.2) is 0 Å². The maximum absolute atomic E-state index is 12.4. The normalized spacial score (nSPS) is 36.0. The van der Waals surface area contributed by atoms with Gasteiger partial charge in [0.15, 0.2) is 0 Å². The number of methoxy groups -OCH3 is 1. The minimum absolute atomic E-state index is 0.0350. The second-order valence-corrected chi connectivity index (χ2v) is 5.94. The van der Waals surface area contributed by atoms with Gasteiger partial charge in [-0.05, 0) is 13.3 Å². The molecule has 2 saturated heterocycles. The zero-order valence-electron chi connectivity index (χ0n) is 10.5. The van der Waals surface area contributed by atoms with E-state index >= 15 is 0 Å². The minimum atomic E-state index is -0.929. The third kappa shape index (κ3) is 2.48. The van der Waals surface area contributed by atoms with Crippen molar-refractivity contribution in [1.82, 2.24) is 10.2 Å². The zero-order chi connectivity index (χ0) is 13.3. The Morgan fingerprint density at radius 2 is 2.22 bits per heavy atom. The first-order valence-corrected chi connectivity index (χ1v) is 7.02. The van der Waals surface area contributed by atoms with E-state index in [0.29, 0.717) is 18.7 Å². The van der Waals surface area contributed by atoms with Crippen LogP contribution in [0.4, 0.5) is 0 Å². The summed E-state index contributed by atoms with van der Waals surface area (Å²) in [4.78, 5) is 25.0. The van der Waals surface area contributed by atoms with Gasteiger partial charge in [0.2, 0.25) is 5.91 Å². The first kappa shape index (κ1) is 13.6. The van der Waals surface area contributed by atoms with Crippen molar-refractivity contribution in [2.75, 3.05) is 19.4 Å². The molecule has 2 fully saturated rings. The largest absolute Gasteiger partial charge is 0.480 e. The number of rotatable bonds is 3. The highest BCUT2D eigenvalue weighted by Crippen LogP contribution is 2.30. The summed E-state index contributed by atoms with van der Waals surface area (Å²) >= 11 is 1.50. The van der Waals surface area contributed by atoms with Gasteiger partial charge in [-0.2, -0.15) is 0 Å². The van der Waals surface area contributed by atoms with Crippen LogP contribution in [0, 0.1) is 0 Å². The molecule has 2 aliphatic rings. The molecule has 18 heavy (non-hydrogen) atoms. The summed E-state index contributed by atoms with van der Waals surface area (Å²) in [6.07, 6.45) is 0.642. The van der Waals surface area contributed by atoms with E-state index in [1.807, 2.05) is 6.92 Å². The fourth-order valence-electron chi connectivity index (χ4n) is 2.42. The molecule has 0 spiro atoms. The molecule has 2 N–H and O–H groups in total. The van der Waals surface area contributed by atoms with Gasteiger partial charge in [-0.25, -0.2) is 4.79 Å². The first-order chi connectivity index (χ1) is 8.54. The monoisotopic (exact) mass is 274 g/mol. The number of nitrogens with one attached hydrogen (secondary N) is 1. The van der Waals surface area contributed by atoms with Gasteiger partial charge in [0.25, 0.3) is 0 Å². The number of hydrogen-bond acceptors (Lipinski definition) is 5. The number of amides is 1. The fourth-order valence-corrected chi connectivity index (χ4v) is 3.59. The van der Waals surface area contributed by atoms with Crippen LogP contribution in [0.25, 0.3) is 0 Å². The summed E-state index contributed by atoms with van der Waals surface area (Å²) < 4.78 is 5.20. The maximum Gasteiger partial charge on any atom is 0.327 e. The van der Waals surface area contributed by atoms with Crippen molar-refractivity contribution >= 4 is 23.6 Å². The maximum atomic E-state index is 12.4. The Kier molecular flexibility index (Phi) is 4.14. The van der Waals surface area contributed by atoms with Crippen molar-refractivity contribution in [3.8, 4) is 0 Å². The van der Waals surface area contributed by atoms with Crippen molar-refractivity contribution in [3.05, 3.63) is 0 Å². The van der Waals surface area contributed by atoms with Crippen LogP contribution in [0.2, 0.25) is 0 Å². The van der Waals surface area contributed by atoms with Gasteiger partial charge in [-0.3, -0.25) is 4.79 Å². The van der Waals surface area contributed by atoms with Crippen molar-refractivity contribution in [3.63, 3.8) is 0 Å². The Morgan fingerprint density at radius 3 is 2.78 bits per heavy atom. The molecule has 4 unspecified atom stereocenters. The third-order valence-electron chi connectivity index (χ3n) is 3.48. The highest BCUT2D eigenvalue weighted by molar-refractivity contribution is 8.00. The quantitative estimate of drug-likeness (QED) is 0.738. The lowest BCUT2D eigenvalue weighted by atomic mass is 10.1. The lowest BCUT2D eigenvalue weighted by molar-refractivity contribution is -0.149. The van der Waals surface area contributed by atoms with Crippen LogP contribution in [0.3, 0.4) is 0 Å². The number of aliphatic carboxylic acids is 1. The lowest BCUT2D eigenvalue weighted by Crippen LogP contribution is -2.51. The van der Waals surface area contributed by atoms with Crippen LogP contribution < -0.4 is 5.32 Å². The second kappa shape index (κ2) is 5.46. The van der Waals surface area contributed by atoms with E-state index in [4.69, 9.17) is 9.84 Å². The topological polar surface area (TPSA) is 78.9 Å². The molecule has 0 aromatic rings. The number of hydrogen-bond donors (Lipinski definition) is 2. The number of carboxylic acids is 1. The van der Waals surface area contributed by atoms with Gasteiger partial charge >= 0.3 is 5.97 Å². The molecule has 1 amide bonds. The van der Waals surface area contributed by atoms with E-state index in [2.05, 4.69) is 5.32 Å². The lowest BCUT2D eigenvalue weighted by Gasteiger charge is -2.27. The van der Waals surface area contributed by atoms with E-state index in [9.17, 15) is 9.59 Å². The van der Waals surface area contributed by atoms with Crippen molar-refractivity contribution in [1.29, 1.82) is 0 Å². The summed E-state index contributed by atoms with van der Waals surface area (Å²) in [5.41, 5.74) is 0. The third-order valence-corrected chi connectivity index (χ3v) is 4.70. The predicted molar refractivity (Wildman–Crippen MR) is 67.4 cm³/mol. The number of carbonyl (C=O) groups excluding carboxylic acids is 1. The molecule has 0 radical (unpaired) electrons. The van der Waals surface area contributed by atoms with Gasteiger partial charge in [0.05, 0.1) is 17.5 Å². The van der Waals surface area contributed by atoms with Crippen molar-refractivity contribution < 1.29 is 19.4 Å². The van der Waals surface area contributed by atoms with Gasteiger partial charge in [-0.15, -0.1) is 11.8 Å². The zero-order valence-corrected chi connectivity index (χ0v) is 11.3. The smallest absolute Gasteiger partial charge is 0.327 e. The first-order valence-electron chi connectivity index (χ1n) is 5.97. The summed E-state index contributed by atoms with van der Waals surface area (Å²) in [5, 5.41) is 12.2. The molecular weight excluding hydrogens is 256 g/mol. The molecule has 2 heterocycles. The van der Waals surface area contributed by atoms with Crippen LogP contribution in [-0.4, -0.2) is 64.9 Å². The Bertz CT molecular complexity index is 352. The molecular formula is C11H18N2O4S. The molecule has 0 bridgehead atoms. The standard InChI is InChI=1S/C11H18N2O4S/c1-6-13(9(5-18-6)11(15)16)10(14)8-3-7(17-2)4-12-8/h6-9,12H,3-5H2,1-2H3,(H,15,16). The predicted octanol–water partition coefficient (Wildman–Crippen LogP) is -0.262. The van der Waals surface area contributed by atoms with Gasteiger partial charge in [0.1, 0.15) is 6.04 Å². The average molecular weight is 274 g/mol. The summed E-state index contributed by atoms with van der Waals surface area (Å²) in [7, 11) is 1.62. The molecule has 0 aliphatic carbocycles. The molecule has 0 saturated carbocycles. The average Bonchev–Trinajstić information content (AvgIpc) is 2.94. The molecule has 102 valence electrons. The molecule has 2 rings (SSSR count). The van der Waals surface area contributed by atoms with Crippen LogP contribution in [0.5, 0.6) is 0 Å². The SMILES string of the molecule is COC1CNC(C(=O)N2C(C)SCC2C(=O)O)C1. The number of ether oxygens (including phenoxy) is 1. The molecule has 7 heteroatoms. The number of carbonyl (C=O) groups is 2. The van der Waals surface area contributed by atoms with E-state index in [0.717, 1.165) is 0 Å². The summed E-state index contributed by atoms with van der Waals surface area (Å²) in [6.45, 7) is 2.51. The fraction of sp³-hybridized carbons (Fsp3) is 0.818. The highest BCUT2D eigenvalue weighted by Gasteiger charge is 2.43. The van der Waals surface area contributed by atoms with Crippen LogP contribution in [-0.2, 0) is 14.3 Å². The van der Waals surface area contributed by atoms with Crippen LogP contribution in [0.1, 0.15) is 13.3 Å². The molecule has 0 aromatic carbocycles. The number of thioether (sulfide) groups is 1. The molecule has 2 aliphatic heterocycles. The van der Waals surface area contributed by atoms with Gasteiger partial charge < -0.3 is 20.1 Å². The summed E-state index contributed by atoms with van der Waals surface area (Å²) in [5.74, 6) is -0.594. The van der Waals surface area contributed by atoms with Gasteiger partial charge in [0, 0.05) is 19.4 Å². The second-order valence-electron chi connectivity index (χ2n) is 4.59. The summed E-state index contributed by atoms with van der Waals surface area (Å²) in [6, 6.07) is -1.03. The van der Waals surface area contributed by atoms with E-state index in [-0.39, 0.29) is 23.4 Å². The Labute approximate surface area is 110 Å². The number of nitrogens with zero attached hydrogens (tertiary/aromatic N) is 1. The Morgan fingerprint density at radius 1 is 1.50 bits per heavy atom. The Hall–Kier alpha value is -0.790. The van der Waals surface area contributed by atoms with E-state index in [1.54, 1.807) is 7.11 Å². The number of carboxylic acid groups (broad SMARTS) is 1. The van der Waals surface area contributed by atoms with Gasteiger partial charge in [-0.1, -0.05) is 0 Å². The van der Waals surface area contributed by atoms with Crippen LogP contribution >= 0.6 is 11.8 Å². The minimum Gasteiger partial charge on any atom is -0.480 e. The molecule has 4 atom stereocenters. The molecule has 6 nitrogen and oxygen atoms in total. The van der Waals surface area contributed by atoms with E-state index < -0.39 is 12.0 Å². The Balaban J connectivity index is 2.05. The van der Waals surface area contributed by atoms with Crippen molar-refractivity contribution in [2.45, 2.75) is 36.9 Å². The van der Waals surface area contributed by atoms with E-state index in [1.165, 1.54) is 16.7 Å².